The zero-order valence-electron chi connectivity index (χ0n) is 20.2. The number of hydrogen-bond acceptors (Lipinski definition) is 4. The molecule has 2 aromatic rings. The van der Waals surface area contributed by atoms with Gasteiger partial charge in [-0.1, -0.05) is 61.3 Å². The summed E-state index contributed by atoms with van der Waals surface area (Å²) in [5, 5.41) is 30.2. The standard InChI is InChI=1S/C26H28Cl2F3NO5/c1-3-19(12-25(36,37)26(29,30)31)32-22(15-7-9-17(27)10-8-15)20(16-5-4-6-18(28)11-16)13-24(2,23(32)35)14-21(33)34/h4-11,19-20,22,36-37H,3,12-14H2,1-2H3,(H,33,34). The van der Waals surface area contributed by atoms with Gasteiger partial charge in [0.25, 0.3) is 5.79 Å². The fraction of sp³-hybridized carbons (Fsp3) is 0.462. The van der Waals surface area contributed by atoms with E-state index in [4.69, 9.17) is 23.2 Å². The summed E-state index contributed by atoms with van der Waals surface area (Å²) in [6.07, 6.45) is -7.13. The molecule has 4 unspecified atom stereocenters. The molecule has 1 saturated heterocycles. The molecule has 37 heavy (non-hydrogen) atoms. The minimum Gasteiger partial charge on any atom is -0.481 e. The Hall–Kier alpha value is -2.33. The molecule has 1 fully saturated rings. The number of alkyl halides is 3. The van der Waals surface area contributed by atoms with Gasteiger partial charge in [0.05, 0.1) is 17.9 Å². The highest BCUT2D eigenvalue weighted by Gasteiger charge is 2.57. The Labute approximate surface area is 222 Å². The van der Waals surface area contributed by atoms with E-state index in [1.807, 2.05) is 0 Å². The molecule has 0 aromatic heterocycles. The number of benzene rings is 2. The number of carbonyl (C=O) groups is 2. The number of rotatable bonds is 8. The van der Waals surface area contributed by atoms with Gasteiger partial charge in [-0.15, -0.1) is 0 Å². The third kappa shape index (κ3) is 6.22. The van der Waals surface area contributed by atoms with Crippen LogP contribution in [0.4, 0.5) is 13.2 Å². The number of piperidine rings is 1. The number of aliphatic carboxylic acids is 1. The van der Waals surface area contributed by atoms with Crippen molar-refractivity contribution in [3.8, 4) is 0 Å². The highest BCUT2D eigenvalue weighted by molar-refractivity contribution is 6.30. The number of carbonyl (C=O) groups excluding carboxylic acids is 1. The molecule has 11 heteroatoms. The first-order valence-electron chi connectivity index (χ1n) is 11.7. The van der Waals surface area contributed by atoms with Crippen molar-refractivity contribution in [1.29, 1.82) is 0 Å². The topological polar surface area (TPSA) is 98.1 Å². The molecule has 3 rings (SSSR count). The molecule has 1 amide bonds. The zero-order chi connectivity index (χ0) is 27.8. The number of carboxylic acid groups (broad SMARTS) is 1. The molecule has 202 valence electrons. The van der Waals surface area contributed by atoms with E-state index in [1.54, 1.807) is 48.5 Å². The van der Waals surface area contributed by atoms with Gasteiger partial charge in [-0.3, -0.25) is 9.59 Å². The maximum atomic E-state index is 14.0. The molecule has 0 bridgehead atoms. The predicted molar refractivity (Wildman–Crippen MR) is 132 cm³/mol. The van der Waals surface area contributed by atoms with Gasteiger partial charge in [0.1, 0.15) is 0 Å². The number of likely N-dealkylation sites (tertiary alicyclic amines) is 1. The summed E-state index contributed by atoms with van der Waals surface area (Å²) < 4.78 is 40.4. The van der Waals surface area contributed by atoms with Crippen molar-refractivity contribution in [2.45, 2.75) is 69.5 Å². The second-order valence-corrected chi connectivity index (χ2v) is 10.7. The third-order valence-corrected chi connectivity index (χ3v) is 7.46. The Morgan fingerprint density at radius 1 is 1.11 bits per heavy atom. The van der Waals surface area contributed by atoms with Crippen LogP contribution in [0.25, 0.3) is 0 Å². The van der Waals surface area contributed by atoms with E-state index in [0.29, 0.717) is 21.2 Å². The van der Waals surface area contributed by atoms with Gasteiger partial charge in [0, 0.05) is 28.4 Å². The van der Waals surface area contributed by atoms with Crippen LogP contribution in [0.15, 0.2) is 48.5 Å². The minimum atomic E-state index is -5.37. The number of hydrogen-bond donors (Lipinski definition) is 3. The molecule has 0 spiro atoms. The van der Waals surface area contributed by atoms with Crippen LogP contribution < -0.4 is 0 Å². The fourth-order valence-corrected chi connectivity index (χ4v) is 5.49. The lowest BCUT2D eigenvalue weighted by atomic mass is 9.66. The normalized spacial score (nSPS) is 23.7. The van der Waals surface area contributed by atoms with Crippen molar-refractivity contribution in [1.82, 2.24) is 4.90 Å². The van der Waals surface area contributed by atoms with Gasteiger partial charge in [0.2, 0.25) is 5.91 Å². The summed E-state index contributed by atoms with van der Waals surface area (Å²) in [6, 6.07) is 11.1. The van der Waals surface area contributed by atoms with Crippen molar-refractivity contribution in [3.63, 3.8) is 0 Å². The van der Waals surface area contributed by atoms with Gasteiger partial charge >= 0.3 is 12.1 Å². The molecule has 4 atom stereocenters. The molecule has 1 aliphatic heterocycles. The van der Waals surface area contributed by atoms with Crippen LogP contribution >= 0.6 is 23.2 Å². The first-order chi connectivity index (χ1) is 17.1. The van der Waals surface area contributed by atoms with E-state index in [-0.39, 0.29) is 12.8 Å². The smallest absolute Gasteiger partial charge is 0.442 e. The molecular weight excluding hydrogens is 534 g/mol. The number of carboxylic acids is 1. The van der Waals surface area contributed by atoms with E-state index in [0.717, 1.165) is 0 Å². The monoisotopic (exact) mass is 561 g/mol. The number of aliphatic hydroxyl groups is 2. The summed E-state index contributed by atoms with van der Waals surface area (Å²) in [6.45, 7) is 2.99. The van der Waals surface area contributed by atoms with Crippen molar-refractivity contribution in [3.05, 3.63) is 69.7 Å². The number of amides is 1. The van der Waals surface area contributed by atoms with Gasteiger partial charge in [0.15, 0.2) is 0 Å². The van der Waals surface area contributed by atoms with Crippen LogP contribution in [0.5, 0.6) is 0 Å². The molecule has 0 aliphatic carbocycles. The van der Waals surface area contributed by atoms with Crippen molar-refractivity contribution in [2.75, 3.05) is 0 Å². The van der Waals surface area contributed by atoms with Crippen LogP contribution in [-0.4, -0.2) is 50.1 Å². The van der Waals surface area contributed by atoms with Gasteiger partial charge in [-0.2, -0.15) is 13.2 Å². The Bertz CT molecular complexity index is 1140. The summed E-state index contributed by atoms with van der Waals surface area (Å²) in [5.74, 6) is -6.57. The van der Waals surface area contributed by atoms with E-state index in [9.17, 15) is 38.1 Å². The number of halogens is 5. The van der Waals surface area contributed by atoms with E-state index in [2.05, 4.69) is 0 Å². The van der Waals surface area contributed by atoms with Gasteiger partial charge in [-0.05, 0) is 48.2 Å². The summed E-state index contributed by atoms with van der Waals surface area (Å²) in [5.41, 5.74) is -0.278. The third-order valence-electron chi connectivity index (χ3n) is 6.97. The highest BCUT2D eigenvalue weighted by atomic mass is 35.5. The maximum absolute atomic E-state index is 14.0. The molecule has 1 aliphatic rings. The molecule has 6 nitrogen and oxygen atoms in total. The quantitative estimate of drug-likeness (QED) is 0.346. The average Bonchev–Trinajstić information content (AvgIpc) is 2.78. The molecule has 3 N–H and O–H groups in total. The van der Waals surface area contributed by atoms with E-state index < -0.39 is 60.1 Å². The molecular formula is C26H28Cl2F3NO5. The Kier molecular flexibility index (Phi) is 8.54. The SMILES string of the molecule is CCC(CC(O)(O)C(F)(F)F)N1C(=O)C(C)(CC(=O)O)CC(c2cccc(Cl)c2)C1c1ccc(Cl)cc1. The van der Waals surface area contributed by atoms with Crippen LogP contribution in [0, 0.1) is 5.41 Å². The molecule has 2 aromatic carbocycles. The Morgan fingerprint density at radius 3 is 2.24 bits per heavy atom. The summed E-state index contributed by atoms with van der Waals surface area (Å²) >= 11 is 12.3. The Balaban J connectivity index is 2.25. The van der Waals surface area contributed by atoms with Gasteiger partial charge in [-0.25, -0.2) is 0 Å². The van der Waals surface area contributed by atoms with Crippen LogP contribution in [0.1, 0.15) is 62.6 Å². The number of nitrogens with zero attached hydrogens (tertiary/aromatic N) is 1. The lowest BCUT2D eigenvalue weighted by Crippen LogP contribution is -2.59. The van der Waals surface area contributed by atoms with Crippen molar-refractivity contribution in [2.24, 2.45) is 5.41 Å². The summed E-state index contributed by atoms with van der Waals surface area (Å²) in [4.78, 5) is 27.0. The lowest BCUT2D eigenvalue weighted by Gasteiger charge is -2.52. The fourth-order valence-electron chi connectivity index (χ4n) is 5.16. The van der Waals surface area contributed by atoms with E-state index in [1.165, 1.54) is 18.7 Å². The van der Waals surface area contributed by atoms with Crippen molar-refractivity contribution < 1.29 is 38.1 Å². The second kappa shape index (κ2) is 10.8. The highest BCUT2D eigenvalue weighted by Crippen LogP contribution is 2.53. The minimum absolute atomic E-state index is 0.0554. The summed E-state index contributed by atoms with van der Waals surface area (Å²) in [7, 11) is 0. The first kappa shape index (κ1) is 29.2. The second-order valence-electron chi connectivity index (χ2n) is 9.79. The maximum Gasteiger partial charge on any atom is 0.442 e. The van der Waals surface area contributed by atoms with Gasteiger partial charge < -0.3 is 20.2 Å². The molecule has 1 heterocycles. The Morgan fingerprint density at radius 2 is 1.73 bits per heavy atom. The molecule has 0 radical (unpaired) electrons. The van der Waals surface area contributed by atoms with E-state index >= 15 is 0 Å². The zero-order valence-corrected chi connectivity index (χ0v) is 21.7. The lowest BCUT2D eigenvalue weighted by molar-refractivity contribution is -0.354. The van der Waals surface area contributed by atoms with Crippen LogP contribution in [0.2, 0.25) is 10.0 Å². The van der Waals surface area contributed by atoms with Crippen molar-refractivity contribution >= 4 is 35.1 Å². The first-order valence-corrected chi connectivity index (χ1v) is 12.4. The largest absolute Gasteiger partial charge is 0.481 e. The predicted octanol–water partition coefficient (Wildman–Crippen LogP) is 5.94. The van der Waals surface area contributed by atoms with Crippen LogP contribution in [0.3, 0.4) is 0 Å². The molecule has 0 saturated carbocycles. The van der Waals surface area contributed by atoms with Crippen LogP contribution in [-0.2, 0) is 9.59 Å². The average molecular weight is 562 g/mol.